The van der Waals surface area contributed by atoms with Crippen LogP contribution in [0.2, 0.25) is 0 Å². The van der Waals surface area contributed by atoms with Crippen LogP contribution in [-0.4, -0.2) is 22.0 Å². The van der Waals surface area contributed by atoms with E-state index in [1.165, 1.54) is 12.1 Å². The predicted octanol–water partition coefficient (Wildman–Crippen LogP) is 3.97. The standard InChI is InChI=1S/C21H19FN2O2/c22-18-8-5-17(6-9-18)14-24-12-2-11-23-20(15-24)21(26)10-7-16-3-1-4-19(25)13-16/h1-6,8-9,11-13,15,25H,7,10,14H2. The summed E-state index contributed by atoms with van der Waals surface area (Å²) in [4.78, 5) is 18.6. The highest BCUT2D eigenvalue weighted by molar-refractivity contribution is 5.97. The second-order valence-electron chi connectivity index (χ2n) is 6.03. The molecule has 1 aliphatic rings. The highest BCUT2D eigenvalue weighted by Crippen LogP contribution is 2.16. The molecule has 2 aromatic carbocycles. The van der Waals surface area contributed by atoms with Gasteiger partial charge in [0.25, 0.3) is 0 Å². The molecule has 2 aromatic rings. The smallest absolute Gasteiger partial charge is 0.183 e. The fraction of sp³-hybridized carbons (Fsp3) is 0.143. The molecule has 0 aliphatic carbocycles. The van der Waals surface area contributed by atoms with E-state index in [4.69, 9.17) is 0 Å². The van der Waals surface area contributed by atoms with E-state index in [0.29, 0.717) is 25.1 Å². The molecule has 0 amide bonds. The van der Waals surface area contributed by atoms with Gasteiger partial charge in [0.05, 0.1) is 0 Å². The first-order valence-corrected chi connectivity index (χ1v) is 8.34. The zero-order valence-electron chi connectivity index (χ0n) is 14.2. The van der Waals surface area contributed by atoms with Crippen LogP contribution in [0, 0.1) is 5.82 Å². The first-order valence-electron chi connectivity index (χ1n) is 8.34. The monoisotopic (exact) mass is 350 g/mol. The minimum Gasteiger partial charge on any atom is -0.508 e. The zero-order valence-corrected chi connectivity index (χ0v) is 14.2. The van der Waals surface area contributed by atoms with Crippen LogP contribution in [0.3, 0.4) is 0 Å². The Kier molecular flexibility index (Phi) is 5.59. The maximum Gasteiger partial charge on any atom is 0.183 e. The molecule has 1 aliphatic heterocycles. The number of aliphatic imine (C=N–C) groups is 1. The number of benzene rings is 2. The zero-order chi connectivity index (χ0) is 18.4. The Bertz CT molecular complexity index is 870. The molecule has 0 radical (unpaired) electrons. The summed E-state index contributed by atoms with van der Waals surface area (Å²) in [7, 11) is 0. The van der Waals surface area contributed by atoms with Gasteiger partial charge in [0.15, 0.2) is 5.78 Å². The van der Waals surface area contributed by atoms with E-state index < -0.39 is 0 Å². The summed E-state index contributed by atoms with van der Waals surface area (Å²) in [6, 6.07) is 13.1. The molecule has 26 heavy (non-hydrogen) atoms. The van der Waals surface area contributed by atoms with Crippen LogP contribution in [0.1, 0.15) is 17.5 Å². The van der Waals surface area contributed by atoms with Crippen LogP contribution in [0.25, 0.3) is 0 Å². The van der Waals surface area contributed by atoms with Gasteiger partial charge in [0.2, 0.25) is 0 Å². The Morgan fingerprint density at radius 1 is 1.12 bits per heavy atom. The lowest BCUT2D eigenvalue weighted by atomic mass is 10.1. The molecule has 132 valence electrons. The summed E-state index contributed by atoms with van der Waals surface area (Å²) in [5, 5.41) is 9.50. The van der Waals surface area contributed by atoms with Crippen molar-refractivity contribution in [1.29, 1.82) is 0 Å². The van der Waals surface area contributed by atoms with Crippen molar-refractivity contribution in [2.45, 2.75) is 19.4 Å². The molecule has 0 aromatic heterocycles. The molecule has 1 heterocycles. The largest absolute Gasteiger partial charge is 0.508 e. The van der Waals surface area contributed by atoms with Crippen molar-refractivity contribution in [2.24, 2.45) is 4.99 Å². The molecule has 0 saturated heterocycles. The van der Waals surface area contributed by atoms with Crippen molar-refractivity contribution >= 4 is 12.0 Å². The number of hydrogen-bond acceptors (Lipinski definition) is 4. The number of ketones is 1. The Morgan fingerprint density at radius 2 is 1.92 bits per heavy atom. The minimum atomic E-state index is -0.276. The molecular weight excluding hydrogens is 331 g/mol. The molecule has 0 unspecified atom stereocenters. The summed E-state index contributed by atoms with van der Waals surface area (Å²) in [6.45, 7) is 0.517. The van der Waals surface area contributed by atoms with E-state index in [1.54, 1.807) is 48.8 Å². The van der Waals surface area contributed by atoms with Gasteiger partial charge in [-0.15, -0.1) is 0 Å². The number of hydrogen-bond donors (Lipinski definition) is 1. The van der Waals surface area contributed by atoms with E-state index in [2.05, 4.69) is 4.99 Å². The second-order valence-corrected chi connectivity index (χ2v) is 6.03. The van der Waals surface area contributed by atoms with Crippen molar-refractivity contribution < 1.29 is 14.3 Å². The van der Waals surface area contributed by atoms with Crippen molar-refractivity contribution in [1.82, 2.24) is 4.90 Å². The number of phenolic OH excluding ortho intramolecular Hbond substituents is 1. The van der Waals surface area contributed by atoms with Crippen molar-refractivity contribution in [2.75, 3.05) is 0 Å². The third kappa shape index (κ3) is 4.89. The number of aromatic hydroxyl groups is 1. The van der Waals surface area contributed by atoms with Crippen LogP contribution in [0.4, 0.5) is 4.39 Å². The van der Waals surface area contributed by atoms with Gasteiger partial charge < -0.3 is 10.0 Å². The fourth-order valence-corrected chi connectivity index (χ4v) is 2.65. The normalized spacial score (nSPS) is 13.4. The Morgan fingerprint density at radius 3 is 2.69 bits per heavy atom. The van der Waals surface area contributed by atoms with E-state index >= 15 is 0 Å². The Labute approximate surface area is 151 Å². The third-order valence-electron chi connectivity index (χ3n) is 3.98. The van der Waals surface area contributed by atoms with Crippen LogP contribution >= 0.6 is 0 Å². The average molecular weight is 350 g/mol. The SMILES string of the molecule is O=C(CCc1cccc(O)c1)C1=CN(Cc2ccc(F)cc2)C=CC=N1. The molecule has 4 nitrogen and oxygen atoms in total. The molecule has 5 heteroatoms. The maximum absolute atomic E-state index is 13.0. The topological polar surface area (TPSA) is 52.9 Å². The Balaban J connectivity index is 1.66. The number of nitrogens with zero attached hydrogens (tertiary/aromatic N) is 2. The van der Waals surface area contributed by atoms with Crippen molar-refractivity contribution in [3.8, 4) is 5.75 Å². The summed E-state index contributed by atoms with van der Waals surface area (Å²) < 4.78 is 13.0. The number of rotatable bonds is 6. The number of carbonyl (C=O) groups is 1. The van der Waals surface area contributed by atoms with E-state index in [9.17, 15) is 14.3 Å². The molecule has 0 spiro atoms. The third-order valence-corrected chi connectivity index (χ3v) is 3.98. The number of phenols is 1. The molecule has 0 saturated carbocycles. The summed E-state index contributed by atoms with van der Waals surface area (Å²) >= 11 is 0. The summed E-state index contributed by atoms with van der Waals surface area (Å²) in [5.41, 5.74) is 2.20. The molecule has 3 rings (SSSR count). The molecule has 0 fully saturated rings. The highest BCUT2D eigenvalue weighted by atomic mass is 19.1. The predicted molar refractivity (Wildman–Crippen MR) is 99.1 cm³/mol. The number of carbonyl (C=O) groups excluding carboxylic acids is 1. The van der Waals surface area contributed by atoms with Crippen LogP contribution < -0.4 is 0 Å². The maximum atomic E-state index is 13.0. The number of halogens is 1. The van der Waals surface area contributed by atoms with Gasteiger partial charge in [-0.05, 0) is 47.9 Å². The quantitative estimate of drug-likeness (QED) is 0.857. The van der Waals surface area contributed by atoms with Gasteiger partial charge in [0.1, 0.15) is 17.3 Å². The lowest BCUT2D eigenvalue weighted by molar-refractivity contribution is -0.115. The first-order chi connectivity index (χ1) is 12.6. The lowest BCUT2D eigenvalue weighted by Gasteiger charge is -2.15. The van der Waals surface area contributed by atoms with E-state index in [1.807, 2.05) is 17.2 Å². The van der Waals surface area contributed by atoms with Crippen LogP contribution in [0.15, 0.2) is 77.7 Å². The molecule has 0 bridgehead atoms. The highest BCUT2D eigenvalue weighted by Gasteiger charge is 2.12. The van der Waals surface area contributed by atoms with Gasteiger partial charge >= 0.3 is 0 Å². The number of allylic oxidation sites excluding steroid dienone is 2. The van der Waals surface area contributed by atoms with E-state index in [-0.39, 0.29) is 17.3 Å². The second kappa shape index (κ2) is 8.25. The van der Waals surface area contributed by atoms with Gasteiger partial charge in [-0.2, -0.15) is 0 Å². The fourth-order valence-electron chi connectivity index (χ4n) is 2.65. The average Bonchev–Trinajstić information content (AvgIpc) is 2.87. The van der Waals surface area contributed by atoms with Gasteiger partial charge in [-0.1, -0.05) is 24.3 Å². The van der Waals surface area contributed by atoms with E-state index in [0.717, 1.165) is 11.1 Å². The summed E-state index contributed by atoms with van der Waals surface area (Å²) in [5.74, 6) is -0.157. The summed E-state index contributed by atoms with van der Waals surface area (Å²) in [6.07, 6.45) is 7.71. The van der Waals surface area contributed by atoms with Crippen molar-refractivity contribution in [3.63, 3.8) is 0 Å². The van der Waals surface area contributed by atoms with Crippen LogP contribution in [-0.2, 0) is 17.8 Å². The van der Waals surface area contributed by atoms with Gasteiger partial charge in [-0.25, -0.2) is 4.39 Å². The van der Waals surface area contributed by atoms with Gasteiger partial charge in [0, 0.05) is 31.6 Å². The first kappa shape index (κ1) is 17.6. The number of Topliss-reactive ketones (excluding diaryl/α,β-unsaturated/α-hetero) is 1. The lowest BCUT2D eigenvalue weighted by Crippen LogP contribution is -2.12. The molecule has 0 atom stereocenters. The minimum absolute atomic E-state index is 0.0719. The molecule has 1 N–H and O–H groups in total. The van der Waals surface area contributed by atoms with Crippen LogP contribution in [0.5, 0.6) is 5.75 Å². The van der Waals surface area contributed by atoms with Gasteiger partial charge in [-0.3, -0.25) is 9.79 Å². The number of aryl methyl sites for hydroxylation is 1. The van der Waals surface area contributed by atoms with Crippen molar-refractivity contribution in [3.05, 3.63) is 89.6 Å². The Hall–Kier alpha value is -3.21. The molecular formula is C21H19FN2O2.